The Labute approximate surface area is 127 Å². The first-order chi connectivity index (χ1) is 8.67. The molecule has 0 aromatic carbocycles. The molecule has 0 N–H and O–H groups in total. The predicted octanol–water partition coefficient (Wildman–Crippen LogP) is 5.36. The van der Waals surface area contributed by atoms with Gasteiger partial charge in [-0.05, 0) is 50.4 Å². The molecule has 0 aromatic rings. The minimum Gasteiger partial charge on any atom is -0.371 e. The van der Waals surface area contributed by atoms with Crippen LogP contribution in [0.5, 0.6) is 0 Å². The van der Waals surface area contributed by atoms with Gasteiger partial charge >= 0.3 is 0 Å². The van der Waals surface area contributed by atoms with Gasteiger partial charge in [0.15, 0.2) is 0 Å². The third-order valence-corrected chi connectivity index (χ3v) is 6.53. The highest BCUT2D eigenvalue weighted by molar-refractivity contribution is 14.1. The van der Waals surface area contributed by atoms with Crippen molar-refractivity contribution in [2.75, 3.05) is 4.43 Å². The molecule has 0 saturated heterocycles. The minimum atomic E-state index is 0.230. The summed E-state index contributed by atoms with van der Waals surface area (Å²) in [7, 11) is 0. The molecule has 2 unspecified atom stereocenters. The molecule has 106 valence electrons. The maximum absolute atomic E-state index is 6.62. The monoisotopic (exact) mass is 364 g/mol. The van der Waals surface area contributed by atoms with Gasteiger partial charge in [-0.15, -0.1) is 0 Å². The normalized spacial score (nSPS) is 41.8. The largest absolute Gasteiger partial charge is 0.371 e. The van der Waals surface area contributed by atoms with Crippen molar-refractivity contribution in [3.8, 4) is 0 Å². The third kappa shape index (κ3) is 3.84. The molecule has 0 aliphatic heterocycles. The van der Waals surface area contributed by atoms with Crippen LogP contribution in [0.25, 0.3) is 0 Å². The summed E-state index contributed by atoms with van der Waals surface area (Å²) < 4.78 is 7.81. The molecule has 2 heteroatoms. The standard InChI is InChI=1S/C16H29IO/c1-3-14-7-9-16(12-17,10-8-14)18-15-6-4-5-13(2)11-15/h13-15H,3-12H2,1-2H3. The number of ether oxygens (including phenoxy) is 1. The summed E-state index contributed by atoms with van der Waals surface area (Å²) in [5, 5.41) is 0. The van der Waals surface area contributed by atoms with Crippen molar-refractivity contribution in [3.05, 3.63) is 0 Å². The van der Waals surface area contributed by atoms with E-state index in [1.165, 1.54) is 62.2 Å². The van der Waals surface area contributed by atoms with Crippen LogP contribution in [0.15, 0.2) is 0 Å². The molecule has 0 spiro atoms. The number of alkyl halides is 1. The molecule has 1 nitrogen and oxygen atoms in total. The second-order valence-electron chi connectivity index (χ2n) is 6.68. The Morgan fingerprint density at radius 3 is 2.44 bits per heavy atom. The molecule has 0 aromatic heterocycles. The van der Waals surface area contributed by atoms with E-state index < -0.39 is 0 Å². The molecule has 2 saturated carbocycles. The summed E-state index contributed by atoms with van der Waals surface area (Å²) in [6, 6.07) is 0. The van der Waals surface area contributed by atoms with Gasteiger partial charge in [0.1, 0.15) is 0 Å². The van der Waals surface area contributed by atoms with Gasteiger partial charge in [-0.2, -0.15) is 0 Å². The lowest BCUT2D eigenvalue weighted by Gasteiger charge is -2.43. The van der Waals surface area contributed by atoms with E-state index in [-0.39, 0.29) is 5.60 Å². The number of rotatable bonds is 4. The van der Waals surface area contributed by atoms with Crippen LogP contribution in [0.3, 0.4) is 0 Å². The van der Waals surface area contributed by atoms with E-state index in [2.05, 4.69) is 36.4 Å². The first-order valence-electron chi connectivity index (χ1n) is 7.91. The third-order valence-electron chi connectivity index (χ3n) is 5.14. The second kappa shape index (κ2) is 6.92. The number of hydrogen-bond acceptors (Lipinski definition) is 1. The van der Waals surface area contributed by atoms with Gasteiger partial charge in [-0.3, -0.25) is 0 Å². The molecule has 0 amide bonds. The van der Waals surface area contributed by atoms with Crippen molar-refractivity contribution in [1.82, 2.24) is 0 Å². The fraction of sp³-hybridized carbons (Fsp3) is 1.00. The van der Waals surface area contributed by atoms with Crippen molar-refractivity contribution in [1.29, 1.82) is 0 Å². The SMILES string of the molecule is CCC1CCC(CI)(OC2CCCC(C)C2)CC1. The number of hydrogen-bond donors (Lipinski definition) is 0. The molecule has 2 aliphatic rings. The van der Waals surface area contributed by atoms with Gasteiger partial charge in [0, 0.05) is 4.43 Å². The van der Waals surface area contributed by atoms with Crippen LogP contribution in [0.1, 0.15) is 71.6 Å². The van der Waals surface area contributed by atoms with Gasteiger partial charge < -0.3 is 4.74 Å². The lowest BCUT2D eigenvalue weighted by molar-refractivity contribution is -0.118. The average molecular weight is 364 g/mol. The molecule has 2 atom stereocenters. The summed E-state index contributed by atoms with van der Waals surface area (Å²) in [6.45, 7) is 4.73. The molecular weight excluding hydrogens is 335 g/mol. The van der Waals surface area contributed by atoms with E-state index in [9.17, 15) is 0 Å². The van der Waals surface area contributed by atoms with Crippen LogP contribution >= 0.6 is 22.6 Å². The van der Waals surface area contributed by atoms with Crippen LogP contribution < -0.4 is 0 Å². The quantitative estimate of drug-likeness (QED) is 0.482. The predicted molar refractivity (Wildman–Crippen MR) is 86.4 cm³/mol. The van der Waals surface area contributed by atoms with Gasteiger partial charge in [0.05, 0.1) is 11.7 Å². The molecular formula is C16H29IO. The maximum atomic E-state index is 6.62. The highest BCUT2D eigenvalue weighted by Crippen LogP contribution is 2.40. The van der Waals surface area contributed by atoms with E-state index in [0.29, 0.717) is 6.10 Å². The van der Waals surface area contributed by atoms with Crippen LogP contribution in [0.2, 0.25) is 0 Å². The minimum absolute atomic E-state index is 0.230. The van der Waals surface area contributed by atoms with E-state index in [1.54, 1.807) is 0 Å². The molecule has 2 aliphatic carbocycles. The van der Waals surface area contributed by atoms with E-state index in [0.717, 1.165) is 11.8 Å². The smallest absolute Gasteiger partial charge is 0.0775 e. The van der Waals surface area contributed by atoms with Crippen molar-refractivity contribution < 1.29 is 4.74 Å². The molecule has 0 heterocycles. The van der Waals surface area contributed by atoms with Gasteiger partial charge in [-0.1, -0.05) is 55.7 Å². The summed E-state index contributed by atoms with van der Waals surface area (Å²) >= 11 is 2.56. The van der Waals surface area contributed by atoms with E-state index in [4.69, 9.17) is 4.74 Å². The molecule has 0 bridgehead atoms. The Kier molecular flexibility index (Phi) is 5.80. The fourth-order valence-corrected chi connectivity index (χ4v) is 4.68. The first kappa shape index (κ1) is 15.1. The zero-order chi connectivity index (χ0) is 13.0. The fourth-order valence-electron chi connectivity index (χ4n) is 3.73. The highest BCUT2D eigenvalue weighted by atomic mass is 127. The topological polar surface area (TPSA) is 9.23 Å². The van der Waals surface area contributed by atoms with E-state index >= 15 is 0 Å². The van der Waals surface area contributed by atoms with Crippen LogP contribution in [-0.2, 0) is 4.74 Å². The van der Waals surface area contributed by atoms with Crippen molar-refractivity contribution in [2.45, 2.75) is 83.3 Å². The molecule has 2 fully saturated rings. The maximum Gasteiger partial charge on any atom is 0.0775 e. The first-order valence-corrected chi connectivity index (χ1v) is 9.44. The second-order valence-corrected chi connectivity index (χ2v) is 7.44. The summed E-state index contributed by atoms with van der Waals surface area (Å²) in [4.78, 5) is 0. The molecule has 18 heavy (non-hydrogen) atoms. The van der Waals surface area contributed by atoms with Gasteiger partial charge in [0.25, 0.3) is 0 Å². The summed E-state index contributed by atoms with van der Waals surface area (Å²) in [5.41, 5.74) is 0.230. The highest BCUT2D eigenvalue weighted by Gasteiger charge is 2.37. The Hall–Kier alpha value is 0.690. The Bertz CT molecular complexity index is 245. The van der Waals surface area contributed by atoms with Crippen LogP contribution in [-0.4, -0.2) is 16.1 Å². The lowest BCUT2D eigenvalue weighted by atomic mass is 9.78. The van der Waals surface area contributed by atoms with Crippen LogP contribution in [0.4, 0.5) is 0 Å². The summed E-state index contributed by atoms with van der Waals surface area (Å²) in [5.74, 6) is 1.84. The van der Waals surface area contributed by atoms with Crippen LogP contribution in [0, 0.1) is 11.8 Å². The average Bonchev–Trinajstić information content (AvgIpc) is 2.39. The zero-order valence-corrected chi connectivity index (χ0v) is 14.2. The zero-order valence-electron chi connectivity index (χ0n) is 12.1. The molecule has 2 rings (SSSR count). The van der Waals surface area contributed by atoms with Gasteiger partial charge in [-0.25, -0.2) is 0 Å². The van der Waals surface area contributed by atoms with Crippen molar-refractivity contribution in [3.63, 3.8) is 0 Å². The van der Waals surface area contributed by atoms with Crippen molar-refractivity contribution >= 4 is 22.6 Å². The Balaban J connectivity index is 1.88. The molecule has 0 radical (unpaired) electrons. The Morgan fingerprint density at radius 2 is 1.89 bits per heavy atom. The van der Waals surface area contributed by atoms with E-state index in [1.807, 2.05) is 0 Å². The van der Waals surface area contributed by atoms with Crippen molar-refractivity contribution in [2.24, 2.45) is 11.8 Å². The Morgan fingerprint density at radius 1 is 1.17 bits per heavy atom. The lowest BCUT2D eigenvalue weighted by Crippen LogP contribution is -2.43. The summed E-state index contributed by atoms with van der Waals surface area (Å²) in [6.07, 6.45) is 12.7. The van der Waals surface area contributed by atoms with Gasteiger partial charge in [0.2, 0.25) is 0 Å². The number of halogens is 1.